The van der Waals surface area contributed by atoms with E-state index in [1.807, 2.05) is 0 Å². The summed E-state index contributed by atoms with van der Waals surface area (Å²) in [6, 6.07) is 0. The number of nitrogens with one attached hydrogen (secondary N) is 1. The SMILES string of the molecule is Cn1c[n+]([C@@H]2O[C@@H](CO)C(O)C2O)c2[nH]c(N)nc(=S)c21. The van der Waals surface area contributed by atoms with Gasteiger partial charge in [0.15, 0.2) is 11.0 Å². The third-order valence-corrected chi connectivity index (χ3v) is 3.88. The molecule has 2 aromatic rings. The van der Waals surface area contributed by atoms with Crippen LogP contribution in [-0.2, 0) is 11.8 Å². The van der Waals surface area contributed by atoms with E-state index in [0.717, 1.165) is 0 Å². The van der Waals surface area contributed by atoms with Crippen molar-refractivity contribution in [3.63, 3.8) is 0 Å². The maximum absolute atomic E-state index is 10.1. The summed E-state index contributed by atoms with van der Waals surface area (Å²) in [5.41, 5.74) is 6.81. The van der Waals surface area contributed by atoms with Gasteiger partial charge in [0, 0.05) is 0 Å². The minimum Gasteiger partial charge on any atom is -0.394 e. The molecule has 1 aliphatic heterocycles. The Hall–Kier alpha value is -1.59. The van der Waals surface area contributed by atoms with Crippen LogP contribution in [-0.4, -0.2) is 54.8 Å². The van der Waals surface area contributed by atoms with E-state index in [2.05, 4.69) is 9.97 Å². The lowest BCUT2D eigenvalue weighted by Gasteiger charge is -2.12. The fourth-order valence-electron chi connectivity index (χ4n) is 2.58. The molecule has 1 aliphatic rings. The van der Waals surface area contributed by atoms with Gasteiger partial charge in [-0.25, -0.2) is 9.55 Å². The van der Waals surface area contributed by atoms with Crippen LogP contribution in [0.5, 0.6) is 0 Å². The van der Waals surface area contributed by atoms with Crippen molar-refractivity contribution in [2.45, 2.75) is 24.5 Å². The molecule has 0 aromatic carbocycles. The van der Waals surface area contributed by atoms with Crippen LogP contribution in [0.1, 0.15) is 6.23 Å². The van der Waals surface area contributed by atoms with Gasteiger partial charge in [-0.3, -0.25) is 4.57 Å². The molecule has 4 atom stereocenters. The number of hydrogen-bond donors (Lipinski definition) is 5. The van der Waals surface area contributed by atoms with Crippen molar-refractivity contribution >= 4 is 29.3 Å². The molecule has 2 aromatic heterocycles. The van der Waals surface area contributed by atoms with Gasteiger partial charge in [0.1, 0.15) is 18.3 Å². The molecule has 21 heavy (non-hydrogen) atoms. The average Bonchev–Trinajstić information content (AvgIpc) is 2.89. The third-order valence-electron chi connectivity index (χ3n) is 3.60. The second-order valence-electron chi connectivity index (χ2n) is 4.99. The summed E-state index contributed by atoms with van der Waals surface area (Å²) in [6.07, 6.45) is -2.43. The number of nitrogen functional groups attached to an aromatic ring is 1. The minimum absolute atomic E-state index is 0.138. The number of aromatic nitrogens is 4. The predicted molar refractivity (Wildman–Crippen MR) is 73.5 cm³/mol. The zero-order valence-corrected chi connectivity index (χ0v) is 12.0. The first kappa shape index (κ1) is 14.4. The van der Waals surface area contributed by atoms with Gasteiger partial charge in [0.25, 0.3) is 11.6 Å². The first-order valence-corrected chi connectivity index (χ1v) is 6.73. The number of nitrogens with two attached hydrogens (primary N) is 1. The van der Waals surface area contributed by atoms with Crippen molar-refractivity contribution in [1.29, 1.82) is 0 Å². The normalized spacial score (nSPS) is 29.3. The standard InChI is InChI=1S/C11H15N5O4S/c1-15-3-16(8-5(15)9(21)14-11(12)13-8)10-7(19)6(18)4(2-17)20-10/h3-4,6-7,10,17-19H,2H2,1H3,(H2-,12,13,14,21)/p+1/t4-,6?,7?,10+/m0/s1. The summed E-state index contributed by atoms with van der Waals surface area (Å²) in [4.78, 5) is 6.85. The molecule has 1 saturated heterocycles. The fourth-order valence-corrected chi connectivity index (χ4v) is 2.92. The molecule has 10 heteroatoms. The number of fused-ring (bicyclic) bond motifs is 1. The average molecular weight is 314 g/mol. The second-order valence-corrected chi connectivity index (χ2v) is 5.37. The van der Waals surface area contributed by atoms with Crippen LogP contribution in [0.2, 0.25) is 0 Å². The first-order chi connectivity index (χ1) is 9.93. The Bertz CT molecular complexity index is 744. The number of imidazole rings is 1. The number of aliphatic hydroxyl groups excluding tert-OH is 3. The van der Waals surface area contributed by atoms with E-state index >= 15 is 0 Å². The molecule has 0 bridgehead atoms. The van der Waals surface area contributed by atoms with Crippen LogP contribution >= 0.6 is 12.2 Å². The summed E-state index contributed by atoms with van der Waals surface area (Å²) >= 11 is 5.18. The summed E-state index contributed by atoms with van der Waals surface area (Å²) < 4.78 is 9.11. The quantitative estimate of drug-likeness (QED) is 0.323. The van der Waals surface area contributed by atoms with Crippen molar-refractivity contribution in [3.8, 4) is 0 Å². The number of nitrogens with zero attached hydrogens (tertiary/aromatic N) is 3. The summed E-state index contributed by atoms with van der Waals surface area (Å²) in [5.74, 6) is 0.138. The number of aryl methyl sites for hydroxylation is 1. The topological polar surface area (TPSA) is 133 Å². The zero-order valence-electron chi connectivity index (χ0n) is 11.2. The number of hydrogen-bond acceptors (Lipinski definition) is 7. The molecule has 0 amide bonds. The Balaban J connectivity index is 2.16. The lowest BCUT2D eigenvalue weighted by atomic mass is 10.1. The number of H-pyrrole nitrogens is 1. The van der Waals surface area contributed by atoms with Crippen LogP contribution in [0, 0.1) is 4.64 Å². The number of ether oxygens (including phenoxy) is 1. The first-order valence-electron chi connectivity index (χ1n) is 6.32. The Morgan fingerprint density at radius 3 is 2.86 bits per heavy atom. The Morgan fingerprint density at radius 1 is 1.52 bits per heavy atom. The molecular weight excluding hydrogens is 298 g/mol. The van der Waals surface area contributed by atoms with Gasteiger partial charge in [-0.2, -0.15) is 4.98 Å². The van der Waals surface area contributed by atoms with E-state index in [4.69, 9.17) is 27.8 Å². The lowest BCUT2D eigenvalue weighted by molar-refractivity contribution is -0.745. The maximum atomic E-state index is 10.1. The Kier molecular flexibility index (Phi) is 3.42. The van der Waals surface area contributed by atoms with Crippen LogP contribution in [0.25, 0.3) is 11.2 Å². The molecule has 0 aliphatic carbocycles. The van der Waals surface area contributed by atoms with Crippen molar-refractivity contribution < 1.29 is 24.6 Å². The van der Waals surface area contributed by atoms with Gasteiger partial charge < -0.3 is 25.8 Å². The second kappa shape index (κ2) is 5.00. The van der Waals surface area contributed by atoms with Crippen LogP contribution < -0.4 is 10.3 Å². The van der Waals surface area contributed by atoms with Crippen molar-refractivity contribution in [3.05, 3.63) is 11.0 Å². The predicted octanol–water partition coefficient (Wildman–Crippen LogP) is -1.89. The van der Waals surface area contributed by atoms with E-state index in [9.17, 15) is 10.2 Å². The van der Waals surface area contributed by atoms with E-state index in [1.165, 1.54) is 0 Å². The minimum atomic E-state index is -1.19. The molecular formula is C11H16N5O4S+. The fraction of sp³-hybridized carbons (Fsp3) is 0.545. The molecule has 9 nitrogen and oxygen atoms in total. The van der Waals surface area contributed by atoms with Gasteiger partial charge in [-0.1, -0.05) is 12.2 Å². The van der Waals surface area contributed by atoms with Crippen molar-refractivity contribution in [1.82, 2.24) is 14.5 Å². The van der Waals surface area contributed by atoms with Gasteiger partial charge in [0.2, 0.25) is 11.7 Å². The van der Waals surface area contributed by atoms with Gasteiger partial charge >= 0.3 is 0 Å². The molecule has 3 rings (SSSR count). The highest BCUT2D eigenvalue weighted by Gasteiger charge is 2.46. The molecule has 0 radical (unpaired) electrons. The van der Waals surface area contributed by atoms with E-state index < -0.39 is 24.5 Å². The number of aromatic amines is 1. The largest absolute Gasteiger partial charge is 0.394 e. The smallest absolute Gasteiger partial charge is 0.273 e. The maximum Gasteiger partial charge on any atom is 0.273 e. The molecule has 114 valence electrons. The summed E-state index contributed by atoms with van der Waals surface area (Å²) in [5, 5.41) is 29.1. The molecule has 2 unspecified atom stereocenters. The number of aliphatic hydroxyl groups is 3. The molecule has 1 fully saturated rings. The number of anilines is 1. The highest BCUT2D eigenvalue weighted by atomic mass is 32.1. The van der Waals surface area contributed by atoms with Gasteiger partial charge in [-0.05, 0) is 0 Å². The van der Waals surface area contributed by atoms with Crippen LogP contribution in [0.15, 0.2) is 6.33 Å². The third kappa shape index (κ3) is 2.12. The highest BCUT2D eigenvalue weighted by molar-refractivity contribution is 7.71. The van der Waals surface area contributed by atoms with Gasteiger partial charge in [0.05, 0.1) is 13.7 Å². The molecule has 0 spiro atoms. The summed E-state index contributed by atoms with van der Waals surface area (Å²) in [7, 11) is 1.77. The lowest BCUT2D eigenvalue weighted by Crippen LogP contribution is -2.46. The van der Waals surface area contributed by atoms with E-state index in [-0.39, 0.29) is 12.6 Å². The van der Waals surface area contributed by atoms with E-state index in [0.29, 0.717) is 15.8 Å². The van der Waals surface area contributed by atoms with Crippen molar-refractivity contribution in [2.75, 3.05) is 12.3 Å². The van der Waals surface area contributed by atoms with Crippen molar-refractivity contribution in [2.24, 2.45) is 7.05 Å². The van der Waals surface area contributed by atoms with E-state index in [1.54, 1.807) is 22.5 Å². The zero-order chi connectivity index (χ0) is 15.3. The van der Waals surface area contributed by atoms with Gasteiger partial charge in [-0.15, -0.1) is 0 Å². The number of rotatable bonds is 2. The van der Waals surface area contributed by atoms with Crippen LogP contribution in [0.4, 0.5) is 5.95 Å². The highest BCUT2D eigenvalue weighted by Crippen LogP contribution is 2.26. The molecule has 3 heterocycles. The molecule has 6 N–H and O–H groups in total. The Labute approximate surface area is 124 Å². The molecule has 0 saturated carbocycles. The monoisotopic (exact) mass is 314 g/mol. The summed E-state index contributed by atoms with van der Waals surface area (Å²) in [6.45, 7) is -0.389. The van der Waals surface area contributed by atoms with Crippen LogP contribution in [0.3, 0.4) is 0 Å². The Morgan fingerprint density at radius 2 is 2.24 bits per heavy atom.